The fourth-order valence-corrected chi connectivity index (χ4v) is 5.15. The fraction of sp³-hybridized carbons (Fsp3) is 0.600. The number of ether oxygens (including phenoxy) is 1. The third-order valence-corrected chi connectivity index (χ3v) is 6.68. The van der Waals surface area contributed by atoms with E-state index in [1.54, 1.807) is 6.08 Å². The summed E-state index contributed by atoms with van der Waals surface area (Å²) in [6.07, 6.45) is 17.9. The van der Waals surface area contributed by atoms with Gasteiger partial charge in [0.1, 0.15) is 0 Å². The van der Waals surface area contributed by atoms with Crippen LogP contribution in [0.2, 0.25) is 0 Å². The summed E-state index contributed by atoms with van der Waals surface area (Å²) in [5, 5.41) is 0. The van der Waals surface area contributed by atoms with E-state index in [0.29, 0.717) is 13.2 Å². The molecule has 2 aliphatic carbocycles. The zero-order chi connectivity index (χ0) is 18.2. The highest BCUT2D eigenvalue weighted by molar-refractivity contribution is 5.25. The largest absolute Gasteiger partial charge is 0.373 e. The van der Waals surface area contributed by atoms with Crippen molar-refractivity contribution in [1.82, 2.24) is 0 Å². The van der Waals surface area contributed by atoms with Gasteiger partial charge in [0.05, 0.1) is 13.2 Å². The van der Waals surface area contributed by atoms with Gasteiger partial charge in [-0.2, -0.15) is 0 Å². The maximum absolute atomic E-state index is 5.54. The second-order valence-corrected chi connectivity index (χ2v) is 8.36. The quantitative estimate of drug-likeness (QED) is 0.377. The normalized spacial score (nSPS) is 29.7. The van der Waals surface area contributed by atoms with Gasteiger partial charge in [0.2, 0.25) is 0 Å². The number of allylic oxidation sites excluding steroid dienone is 2. The van der Waals surface area contributed by atoms with Crippen molar-refractivity contribution in [2.24, 2.45) is 17.8 Å². The van der Waals surface area contributed by atoms with E-state index in [-0.39, 0.29) is 0 Å². The van der Waals surface area contributed by atoms with Gasteiger partial charge < -0.3 is 4.74 Å². The van der Waals surface area contributed by atoms with Gasteiger partial charge in [0.25, 0.3) is 0 Å². The van der Waals surface area contributed by atoms with Crippen LogP contribution in [-0.4, -0.2) is 6.61 Å². The standard InChI is InChI=1S/C25H36O/c1-3-5-20-6-10-22(11-7-20)24-14-16-25(17-15-24)23-12-8-21(9-13-23)19-26-18-4-2/h3-5,8-9,12-13,20,22,24-25H,2,6-7,10-11,14-19H2,1H3/b5-3-/t20-,22-,24?,25?. The summed E-state index contributed by atoms with van der Waals surface area (Å²) in [5.74, 6) is 3.63. The van der Waals surface area contributed by atoms with Crippen molar-refractivity contribution in [1.29, 1.82) is 0 Å². The molecule has 0 amide bonds. The minimum absolute atomic E-state index is 0.627. The maximum atomic E-state index is 5.54. The van der Waals surface area contributed by atoms with E-state index in [1.807, 2.05) is 0 Å². The first-order valence-corrected chi connectivity index (χ1v) is 10.7. The van der Waals surface area contributed by atoms with E-state index in [9.17, 15) is 0 Å². The molecule has 3 rings (SSSR count). The van der Waals surface area contributed by atoms with Crippen molar-refractivity contribution in [2.45, 2.75) is 70.8 Å². The lowest BCUT2D eigenvalue weighted by Gasteiger charge is -2.37. The van der Waals surface area contributed by atoms with Crippen LogP contribution in [0.5, 0.6) is 0 Å². The second-order valence-electron chi connectivity index (χ2n) is 8.36. The van der Waals surface area contributed by atoms with E-state index < -0.39 is 0 Å². The molecule has 1 aromatic carbocycles. The molecule has 26 heavy (non-hydrogen) atoms. The van der Waals surface area contributed by atoms with Crippen LogP contribution in [0, 0.1) is 17.8 Å². The van der Waals surface area contributed by atoms with Gasteiger partial charge in [-0.1, -0.05) is 42.5 Å². The number of hydrogen-bond acceptors (Lipinski definition) is 1. The molecular weight excluding hydrogens is 316 g/mol. The summed E-state index contributed by atoms with van der Waals surface area (Å²) in [4.78, 5) is 0. The zero-order valence-electron chi connectivity index (χ0n) is 16.5. The van der Waals surface area contributed by atoms with Gasteiger partial charge in [-0.3, -0.25) is 0 Å². The Bertz CT molecular complexity index is 554. The molecule has 2 fully saturated rings. The molecule has 0 atom stereocenters. The first-order valence-electron chi connectivity index (χ1n) is 10.7. The lowest BCUT2D eigenvalue weighted by molar-refractivity contribution is 0.149. The van der Waals surface area contributed by atoms with E-state index in [2.05, 4.69) is 49.9 Å². The van der Waals surface area contributed by atoms with Crippen molar-refractivity contribution in [3.63, 3.8) is 0 Å². The number of rotatable bonds is 7. The zero-order valence-corrected chi connectivity index (χ0v) is 16.5. The van der Waals surface area contributed by atoms with E-state index in [1.165, 1.54) is 62.5 Å². The number of hydrogen-bond donors (Lipinski definition) is 0. The predicted molar refractivity (Wildman–Crippen MR) is 111 cm³/mol. The van der Waals surface area contributed by atoms with Crippen molar-refractivity contribution < 1.29 is 4.74 Å². The third-order valence-electron chi connectivity index (χ3n) is 6.68. The highest BCUT2D eigenvalue weighted by atomic mass is 16.5. The van der Waals surface area contributed by atoms with Crippen LogP contribution in [-0.2, 0) is 11.3 Å². The molecular formula is C25H36O. The highest BCUT2D eigenvalue weighted by Crippen LogP contribution is 2.44. The minimum atomic E-state index is 0.627. The molecule has 0 spiro atoms. The molecule has 0 unspecified atom stereocenters. The SMILES string of the molecule is C=CCOCc1ccc(C2CCC([C@H]3CC[C@H](/C=C\C)CC3)CC2)cc1. The van der Waals surface area contributed by atoms with Gasteiger partial charge >= 0.3 is 0 Å². The van der Waals surface area contributed by atoms with E-state index in [4.69, 9.17) is 4.74 Å². The van der Waals surface area contributed by atoms with Crippen molar-refractivity contribution >= 4 is 0 Å². The summed E-state index contributed by atoms with van der Waals surface area (Å²) >= 11 is 0. The Balaban J connectivity index is 1.44. The molecule has 2 saturated carbocycles. The van der Waals surface area contributed by atoms with Gasteiger partial charge in [0.15, 0.2) is 0 Å². The summed E-state index contributed by atoms with van der Waals surface area (Å²) in [6, 6.07) is 9.15. The van der Waals surface area contributed by atoms with E-state index >= 15 is 0 Å². The molecule has 1 nitrogen and oxygen atoms in total. The van der Waals surface area contributed by atoms with Crippen LogP contribution in [0.3, 0.4) is 0 Å². The fourth-order valence-electron chi connectivity index (χ4n) is 5.15. The summed E-state index contributed by atoms with van der Waals surface area (Å²) in [7, 11) is 0. The summed E-state index contributed by atoms with van der Waals surface area (Å²) in [5.41, 5.74) is 2.80. The molecule has 2 aliphatic rings. The van der Waals surface area contributed by atoms with Crippen molar-refractivity contribution in [2.75, 3.05) is 6.61 Å². The van der Waals surface area contributed by atoms with E-state index in [0.717, 1.165) is 23.7 Å². The molecule has 0 radical (unpaired) electrons. The Hall–Kier alpha value is -1.34. The molecule has 0 heterocycles. The molecule has 0 N–H and O–H groups in total. The maximum Gasteiger partial charge on any atom is 0.0721 e. The Morgan fingerprint density at radius 2 is 1.54 bits per heavy atom. The van der Waals surface area contributed by atoms with Gasteiger partial charge in [-0.05, 0) is 93.1 Å². The van der Waals surface area contributed by atoms with Gasteiger partial charge in [-0.15, -0.1) is 6.58 Å². The second kappa shape index (κ2) is 10.1. The van der Waals surface area contributed by atoms with Crippen molar-refractivity contribution in [3.8, 4) is 0 Å². The van der Waals surface area contributed by atoms with Crippen LogP contribution in [0.1, 0.15) is 75.3 Å². The molecule has 0 bridgehead atoms. The molecule has 1 heteroatoms. The van der Waals surface area contributed by atoms with Crippen LogP contribution < -0.4 is 0 Å². The Morgan fingerprint density at radius 1 is 0.923 bits per heavy atom. The summed E-state index contributed by atoms with van der Waals surface area (Å²) in [6.45, 7) is 7.17. The average molecular weight is 353 g/mol. The van der Waals surface area contributed by atoms with Gasteiger partial charge in [-0.25, -0.2) is 0 Å². The van der Waals surface area contributed by atoms with Crippen LogP contribution >= 0.6 is 0 Å². The first kappa shape index (κ1) is 19.4. The first-order chi connectivity index (χ1) is 12.8. The van der Waals surface area contributed by atoms with Gasteiger partial charge in [0, 0.05) is 0 Å². The van der Waals surface area contributed by atoms with Crippen molar-refractivity contribution in [3.05, 3.63) is 60.2 Å². The Kier molecular flexibility index (Phi) is 7.55. The molecule has 0 aliphatic heterocycles. The Labute approximate surface area is 160 Å². The predicted octanol–water partition coefficient (Wildman–Crippen LogP) is 7.05. The topological polar surface area (TPSA) is 9.23 Å². The lowest BCUT2D eigenvalue weighted by Crippen LogP contribution is -2.25. The molecule has 0 aromatic heterocycles. The number of benzene rings is 1. The smallest absolute Gasteiger partial charge is 0.0721 e. The molecule has 0 saturated heterocycles. The Morgan fingerprint density at radius 3 is 2.12 bits per heavy atom. The average Bonchev–Trinajstić information content (AvgIpc) is 2.70. The van der Waals surface area contributed by atoms with Crippen LogP contribution in [0.15, 0.2) is 49.1 Å². The summed E-state index contributed by atoms with van der Waals surface area (Å²) < 4.78 is 5.54. The monoisotopic (exact) mass is 352 g/mol. The molecule has 1 aromatic rings. The third kappa shape index (κ3) is 5.33. The van der Waals surface area contributed by atoms with Crippen LogP contribution in [0.4, 0.5) is 0 Å². The molecule has 142 valence electrons. The van der Waals surface area contributed by atoms with Crippen LogP contribution in [0.25, 0.3) is 0 Å². The highest BCUT2D eigenvalue weighted by Gasteiger charge is 2.30. The lowest BCUT2D eigenvalue weighted by atomic mass is 9.68. The minimum Gasteiger partial charge on any atom is -0.373 e.